The molecule has 2 aromatic carbocycles. The van der Waals surface area contributed by atoms with Crippen LogP contribution in [0.4, 0.5) is 5.69 Å². The van der Waals surface area contributed by atoms with E-state index in [0.717, 1.165) is 11.1 Å². The highest BCUT2D eigenvalue weighted by Crippen LogP contribution is 2.20. The Morgan fingerprint density at radius 1 is 1.09 bits per heavy atom. The number of anilines is 1. The molecule has 0 aliphatic carbocycles. The van der Waals surface area contributed by atoms with Crippen molar-refractivity contribution in [2.24, 2.45) is 0 Å². The van der Waals surface area contributed by atoms with E-state index in [4.69, 9.17) is 0 Å². The summed E-state index contributed by atoms with van der Waals surface area (Å²) in [6.45, 7) is 3.90. The molecule has 0 aliphatic rings. The molecule has 0 saturated heterocycles. The highest BCUT2D eigenvalue weighted by Gasteiger charge is 2.17. The van der Waals surface area contributed by atoms with Crippen molar-refractivity contribution in [2.75, 3.05) is 11.8 Å². The van der Waals surface area contributed by atoms with Gasteiger partial charge in [0.1, 0.15) is 10.5 Å². The summed E-state index contributed by atoms with van der Waals surface area (Å²) in [4.78, 5) is 33.6. The van der Waals surface area contributed by atoms with Gasteiger partial charge in [-0.3, -0.25) is 14.3 Å². The molecule has 2 heterocycles. The molecule has 0 atom stereocenters. The van der Waals surface area contributed by atoms with E-state index in [9.17, 15) is 18.0 Å². The van der Waals surface area contributed by atoms with Crippen LogP contribution in [0.2, 0.25) is 0 Å². The number of nitrogens with zero attached hydrogens (tertiary/aromatic N) is 2. The molecule has 170 valence electrons. The molecule has 0 fully saturated rings. The molecule has 0 radical (unpaired) electrons. The summed E-state index contributed by atoms with van der Waals surface area (Å²) in [5.41, 5.74) is 2.99. The first-order valence-electron chi connectivity index (χ1n) is 10.1. The number of fused-ring (bicyclic) bond motifs is 1. The Morgan fingerprint density at radius 2 is 1.82 bits per heavy atom. The number of aromatic nitrogens is 2. The lowest BCUT2D eigenvalue weighted by molar-refractivity contribution is 0.0781. The summed E-state index contributed by atoms with van der Waals surface area (Å²) in [5, 5.41) is 1.79. The second kappa shape index (κ2) is 8.80. The van der Waals surface area contributed by atoms with Crippen molar-refractivity contribution in [2.45, 2.75) is 25.3 Å². The van der Waals surface area contributed by atoms with Gasteiger partial charge in [0.05, 0.1) is 17.0 Å². The third-order valence-electron chi connectivity index (χ3n) is 5.27. The van der Waals surface area contributed by atoms with E-state index >= 15 is 0 Å². The predicted octanol–water partition coefficient (Wildman–Crippen LogP) is 3.67. The van der Waals surface area contributed by atoms with Crippen LogP contribution in [-0.4, -0.2) is 36.2 Å². The van der Waals surface area contributed by atoms with Gasteiger partial charge in [0.15, 0.2) is 0 Å². The van der Waals surface area contributed by atoms with Crippen LogP contribution in [-0.2, 0) is 16.6 Å². The number of amides is 1. The SMILES string of the molecule is Cc1ccc(S(=O)(=O)Nc2ccc(C(=O)N(C)Cc3nc4ccsc4c(=O)[nH]3)cc2)cc1C. The minimum absolute atomic E-state index is 0.126. The van der Waals surface area contributed by atoms with Crippen LogP contribution in [0.15, 0.2) is 63.6 Å². The fraction of sp³-hybridized carbons (Fsp3) is 0.174. The molecule has 2 aromatic heterocycles. The van der Waals surface area contributed by atoms with E-state index in [0.29, 0.717) is 27.3 Å². The molecule has 8 nitrogen and oxygen atoms in total. The zero-order valence-corrected chi connectivity index (χ0v) is 19.9. The maximum Gasteiger partial charge on any atom is 0.268 e. The summed E-state index contributed by atoms with van der Waals surface area (Å²) in [5.74, 6) is 0.103. The Balaban J connectivity index is 1.47. The van der Waals surface area contributed by atoms with Crippen molar-refractivity contribution in [3.63, 3.8) is 0 Å². The molecule has 0 bridgehead atoms. The van der Waals surface area contributed by atoms with Crippen molar-refractivity contribution < 1.29 is 13.2 Å². The van der Waals surface area contributed by atoms with E-state index in [-0.39, 0.29) is 22.9 Å². The summed E-state index contributed by atoms with van der Waals surface area (Å²) in [6.07, 6.45) is 0. The lowest BCUT2D eigenvalue weighted by atomic mass is 10.1. The standard InChI is InChI=1S/C23H22N4O4S2/c1-14-4-9-18(12-15(14)2)33(30,31)26-17-7-5-16(6-8-17)23(29)27(3)13-20-24-19-10-11-32-21(19)22(28)25-20/h4-12,26H,13H2,1-3H3,(H,24,25,28). The number of hydrogen-bond acceptors (Lipinski definition) is 6. The average molecular weight is 483 g/mol. The number of H-pyrrole nitrogens is 1. The highest BCUT2D eigenvalue weighted by atomic mass is 32.2. The zero-order valence-electron chi connectivity index (χ0n) is 18.2. The molecule has 1 amide bonds. The smallest absolute Gasteiger partial charge is 0.268 e. The van der Waals surface area contributed by atoms with Gasteiger partial charge in [0.2, 0.25) is 0 Å². The first-order valence-corrected chi connectivity index (χ1v) is 12.4. The van der Waals surface area contributed by atoms with Gasteiger partial charge in [-0.2, -0.15) is 0 Å². The molecule has 4 rings (SSSR count). The maximum atomic E-state index is 12.8. The van der Waals surface area contributed by atoms with Gasteiger partial charge in [0.25, 0.3) is 21.5 Å². The molecule has 0 unspecified atom stereocenters. The lowest BCUT2D eigenvalue weighted by Gasteiger charge is -2.17. The third kappa shape index (κ3) is 4.81. The Labute approximate surface area is 195 Å². The number of benzene rings is 2. The van der Waals surface area contributed by atoms with Gasteiger partial charge >= 0.3 is 0 Å². The van der Waals surface area contributed by atoms with Gasteiger partial charge in [-0.15, -0.1) is 11.3 Å². The van der Waals surface area contributed by atoms with E-state index in [2.05, 4.69) is 14.7 Å². The van der Waals surface area contributed by atoms with Crippen molar-refractivity contribution >= 4 is 43.2 Å². The summed E-state index contributed by atoms with van der Waals surface area (Å²) in [7, 11) is -2.14. The lowest BCUT2D eigenvalue weighted by Crippen LogP contribution is -2.28. The number of carbonyl (C=O) groups is 1. The second-order valence-electron chi connectivity index (χ2n) is 7.74. The number of thiophene rings is 1. The third-order valence-corrected chi connectivity index (χ3v) is 7.55. The molecule has 2 N–H and O–H groups in total. The van der Waals surface area contributed by atoms with Crippen molar-refractivity contribution in [1.29, 1.82) is 0 Å². The van der Waals surface area contributed by atoms with E-state index in [1.807, 2.05) is 13.8 Å². The number of aromatic amines is 1. The number of nitrogens with one attached hydrogen (secondary N) is 2. The average Bonchev–Trinajstić information content (AvgIpc) is 3.24. The second-order valence-corrected chi connectivity index (χ2v) is 10.3. The summed E-state index contributed by atoms with van der Waals surface area (Å²) >= 11 is 1.31. The highest BCUT2D eigenvalue weighted by molar-refractivity contribution is 7.92. The molecular weight excluding hydrogens is 460 g/mol. The van der Waals surface area contributed by atoms with Crippen LogP contribution in [0.3, 0.4) is 0 Å². The summed E-state index contributed by atoms with van der Waals surface area (Å²) < 4.78 is 28.4. The Morgan fingerprint density at radius 3 is 2.52 bits per heavy atom. The van der Waals surface area contributed by atoms with Gasteiger partial charge in [-0.25, -0.2) is 13.4 Å². The van der Waals surface area contributed by atoms with Crippen LogP contribution >= 0.6 is 11.3 Å². The minimum Gasteiger partial charge on any atom is -0.334 e. The Kier molecular flexibility index (Phi) is 6.05. The number of sulfonamides is 1. The summed E-state index contributed by atoms with van der Waals surface area (Å²) in [6, 6.07) is 12.9. The normalized spacial score (nSPS) is 11.5. The van der Waals surface area contributed by atoms with E-state index in [1.165, 1.54) is 28.4 Å². The van der Waals surface area contributed by atoms with Gasteiger partial charge in [0, 0.05) is 18.3 Å². The van der Waals surface area contributed by atoms with Gasteiger partial charge in [-0.1, -0.05) is 6.07 Å². The van der Waals surface area contributed by atoms with Crippen LogP contribution in [0.1, 0.15) is 27.3 Å². The fourth-order valence-corrected chi connectivity index (χ4v) is 5.16. The topological polar surface area (TPSA) is 112 Å². The largest absolute Gasteiger partial charge is 0.334 e. The van der Waals surface area contributed by atoms with Crippen LogP contribution in [0.5, 0.6) is 0 Å². The van der Waals surface area contributed by atoms with Crippen LogP contribution in [0.25, 0.3) is 10.2 Å². The molecule has 0 aliphatic heterocycles. The Bertz CT molecular complexity index is 1510. The van der Waals surface area contributed by atoms with Gasteiger partial charge < -0.3 is 9.88 Å². The molecule has 10 heteroatoms. The molecule has 0 spiro atoms. The number of aryl methyl sites for hydroxylation is 2. The zero-order chi connectivity index (χ0) is 23.8. The monoisotopic (exact) mass is 482 g/mol. The first kappa shape index (κ1) is 22.7. The quantitative estimate of drug-likeness (QED) is 0.435. The molecule has 33 heavy (non-hydrogen) atoms. The Hall–Kier alpha value is -3.50. The molecular formula is C23H22N4O4S2. The number of rotatable bonds is 6. The van der Waals surface area contributed by atoms with Crippen LogP contribution in [0, 0.1) is 13.8 Å². The molecule has 4 aromatic rings. The predicted molar refractivity (Wildman–Crippen MR) is 129 cm³/mol. The molecule has 0 saturated carbocycles. The number of hydrogen-bond donors (Lipinski definition) is 2. The first-order chi connectivity index (χ1) is 15.6. The van der Waals surface area contributed by atoms with Crippen molar-refractivity contribution in [3.8, 4) is 0 Å². The maximum absolute atomic E-state index is 12.8. The van der Waals surface area contributed by atoms with Gasteiger partial charge in [-0.05, 0) is 72.8 Å². The number of carbonyl (C=O) groups excluding carboxylic acids is 1. The van der Waals surface area contributed by atoms with Crippen molar-refractivity contribution in [1.82, 2.24) is 14.9 Å². The van der Waals surface area contributed by atoms with Crippen LogP contribution < -0.4 is 10.3 Å². The van der Waals surface area contributed by atoms with E-state index in [1.54, 1.807) is 48.8 Å². The fourth-order valence-electron chi connectivity index (χ4n) is 3.29. The van der Waals surface area contributed by atoms with Crippen molar-refractivity contribution in [3.05, 3.63) is 86.8 Å². The minimum atomic E-state index is -3.75. The van der Waals surface area contributed by atoms with E-state index < -0.39 is 10.0 Å².